The van der Waals surface area contributed by atoms with Crippen molar-refractivity contribution in [2.45, 2.75) is 25.9 Å². The third-order valence-corrected chi connectivity index (χ3v) is 2.84. The van der Waals surface area contributed by atoms with Gasteiger partial charge in [-0.3, -0.25) is 4.79 Å². The Balaban J connectivity index is 1.92. The van der Waals surface area contributed by atoms with Gasteiger partial charge in [0, 0.05) is 11.6 Å². The first-order chi connectivity index (χ1) is 9.95. The largest absolute Gasteiger partial charge is 0.367 e. The number of nitrogens with one attached hydrogen (secondary N) is 1. The third-order valence-electron chi connectivity index (χ3n) is 2.84. The van der Waals surface area contributed by atoms with Crippen LogP contribution < -0.4 is 11.1 Å². The van der Waals surface area contributed by atoms with Gasteiger partial charge >= 0.3 is 0 Å². The van der Waals surface area contributed by atoms with Crippen molar-refractivity contribution < 1.29 is 13.6 Å². The average Bonchev–Trinajstić information content (AvgIpc) is 2.79. The van der Waals surface area contributed by atoms with Crippen LogP contribution in [-0.2, 0) is 17.8 Å². The normalized spacial score (nSPS) is 12.1. The van der Waals surface area contributed by atoms with Crippen LogP contribution in [0.25, 0.3) is 0 Å². The van der Waals surface area contributed by atoms with E-state index in [1.807, 2.05) is 0 Å². The standard InChI is InChI=1S/C13H15F2N5O/c1-8(5-9-10(14)3-2-4-11(9)15)18-12(21)6-20-7-17-13(16)19-20/h2-4,7-8H,5-6H2,1H3,(H2,16,19)(H,18,21). The van der Waals surface area contributed by atoms with Gasteiger partial charge in [-0.15, -0.1) is 5.10 Å². The Bertz CT molecular complexity index is 623. The zero-order valence-corrected chi connectivity index (χ0v) is 11.4. The summed E-state index contributed by atoms with van der Waals surface area (Å²) in [7, 11) is 0. The van der Waals surface area contributed by atoms with Crippen LogP contribution >= 0.6 is 0 Å². The van der Waals surface area contributed by atoms with Crippen LogP contribution in [0.5, 0.6) is 0 Å². The molecule has 8 heteroatoms. The van der Waals surface area contributed by atoms with Crippen LogP contribution in [0.2, 0.25) is 0 Å². The number of nitrogens with zero attached hydrogens (tertiary/aromatic N) is 3. The molecule has 1 amide bonds. The zero-order valence-electron chi connectivity index (χ0n) is 11.4. The molecule has 1 heterocycles. The van der Waals surface area contributed by atoms with Gasteiger partial charge in [0.15, 0.2) is 0 Å². The SMILES string of the molecule is CC(Cc1c(F)cccc1F)NC(=O)Cn1cnc(N)n1. The highest BCUT2D eigenvalue weighted by atomic mass is 19.1. The second-order valence-corrected chi connectivity index (χ2v) is 4.67. The van der Waals surface area contributed by atoms with Crippen molar-refractivity contribution in [2.24, 2.45) is 0 Å². The van der Waals surface area contributed by atoms with Crippen molar-refractivity contribution in [3.05, 3.63) is 41.7 Å². The number of aromatic nitrogens is 3. The number of hydrogen-bond donors (Lipinski definition) is 2. The van der Waals surface area contributed by atoms with Crippen LogP contribution in [0.3, 0.4) is 0 Å². The number of rotatable bonds is 5. The predicted molar refractivity (Wildman–Crippen MR) is 72.1 cm³/mol. The summed E-state index contributed by atoms with van der Waals surface area (Å²) < 4.78 is 28.3. The highest BCUT2D eigenvalue weighted by Gasteiger charge is 2.14. The fraction of sp³-hybridized carbons (Fsp3) is 0.308. The van der Waals surface area contributed by atoms with E-state index in [-0.39, 0.29) is 30.4 Å². The van der Waals surface area contributed by atoms with Crippen molar-refractivity contribution in [1.29, 1.82) is 0 Å². The van der Waals surface area contributed by atoms with Crippen molar-refractivity contribution in [1.82, 2.24) is 20.1 Å². The van der Waals surface area contributed by atoms with E-state index in [0.29, 0.717) is 0 Å². The second-order valence-electron chi connectivity index (χ2n) is 4.67. The molecule has 0 aliphatic rings. The van der Waals surface area contributed by atoms with E-state index >= 15 is 0 Å². The summed E-state index contributed by atoms with van der Waals surface area (Å²) in [5.41, 5.74) is 5.29. The maximum absolute atomic E-state index is 13.5. The molecule has 0 aliphatic carbocycles. The Morgan fingerprint density at radius 3 is 2.67 bits per heavy atom. The van der Waals surface area contributed by atoms with E-state index in [1.165, 1.54) is 29.2 Å². The number of amides is 1. The lowest BCUT2D eigenvalue weighted by atomic mass is 10.1. The quantitative estimate of drug-likeness (QED) is 0.857. The predicted octanol–water partition coefficient (Wildman–Crippen LogP) is 0.886. The lowest BCUT2D eigenvalue weighted by molar-refractivity contribution is -0.122. The van der Waals surface area contributed by atoms with Gasteiger partial charge in [0.25, 0.3) is 0 Å². The summed E-state index contributed by atoms with van der Waals surface area (Å²) in [6, 6.07) is 3.24. The fourth-order valence-corrected chi connectivity index (χ4v) is 1.94. The Labute approximate surface area is 120 Å². The van der Waals surface area contributed by atoms with Gasteiger partial charge in [-0.1, -0.05) is 6.07 Å². The highest BCUT2D eigenvalue weighted by Crippen LogP contribution is 2.14. The Kier molecular flexibility index (Phi) is 4.46. The fourth-order valence-electron chi connectivity index (χ4n) is 1.94. The molecule has 0 bridgehead atoms. The molecule has 1 aromatic heterocycles. The van der Waals surface area contributed by atoms with Gasteiger partial charge in [-0.2, -0.15) is 0 Å². The maximum Gasteiger partial charge on any atom is 0.242 e. The summed E-state index contributed by atoms with van der Waals surface area (Å²) >= 11 is 0. The molecular formula is C13H15F2N5O. The number of benzene rings is 1. The average molecular weight is 295 g/mol. The van der Waals surface area contributed by atoms with Crippen LogP contribution in [0.1, 0.15) is 12.5 Å². The molecule has 0 spiro atoms. The Morgan fingerprint density at radius 2 is 2.10 bits per heavy atom. The molecule has 1 atom stereocenters. The summed E-state index contributed by atoms with van der Waals surface area (Å²) in [5, 5.41) is 6.41. The van der Waals surface area contributed by atoms with E-state index in [4.69, 9.17) is 5.73 Å². The van der Waals surface area contributed by atoms with Crippen LogP contribution in [-0.4, -0.2) is 26.7 Å². The van der Waals surface area contributed by atoms with E-state index < -0.39 is 17.7 Å². The molecule has 112 valence electrons. The molecule has 2 aromatic rings. The van der Waals surface area contributed by atoms with E-state index in [2.05, 4.69) is 15.4 Å². The first-order valence-corrected chi connectivity index (χ1v) is 6.33. The molecule has 0 radical (unpaired) electrons. The third kappa shape index (κ3) is 3.98. The number of halogens is 2. The molecule has 0 saturated carbocycles. The zero-order chi connectivity index (χ0) is 15.4. The molecule has 6 nitrogen and oxygen atoms in total. The highest BCUT2D eigenvalue weighted by molar-refractivity contribution is 5.75. The Hall–Kier alpha value is -2.51. The Morgan fingerprint density at radius 1 is 1.43 bits per heavy atom. The summed E-state index contributed by atoms with van der Waals surface area (Å²) in [5.74, 6) is -1.52. The van der Waals surface area contributed by atoms with Gasteiger partial charge < -0.3 is 11.1 Å². The van der Waals surface area contributed by atoms with Gasteiger partial charge in [-0.05, 0) is 25.5 Å². The number of nitrogens with two attached hydrogens (primary N) is 1. The first-order valence-electron chi connectivity index (χ1n) is 6.33. The van der Waals surface area contributed by atoms with Crippen LogP contribution in [0.4, 0.5) is 14.7 Å². The number of anilines is 1. The van der Waals surface area contributed by atoms with E-state index in [9.17, 15) is 13.6 Å². The molecule has 2 rings (SSSR count). The van der Waals surface area contributed by atoms with Crippen LogP contribution in [0.15, 0.2) is 24.5 Å². The number of carbonyl (C=O) groups is 1. The lowest BCUT2D eigenvalue weighted by Gasteiger charge is -2.14. The minimum absolute atomic E-state index is 0.0460. The molecule has 21 heavy (non-hydrogen) atoms. The minimum Gasteiger partial charge on any atom is -0.367 e. The van der Waals surface area contributed by atoms with Gasteiger partial charge in [0.2, 0.25) is 11.9 Å². The maximum atomic E-state index is 13.5. The molecule has 0 aliphatic heterocycles. The molecular weight excluding hydrogens is 280 g/mol. The van der Waals surface area contributed by atoms with Crippen molar-refractivity contribution in [2.75, 3.05) is 5.73 Å². The molecule has 1 aromatic carbocycles. The topological polar surface area (TPSA) is 85.8 Å². The van der Waals surface area contributed by atoms with Gasteiger partial charge in [0.05, 0.1) is 0 Å². The van der Waals surface area contributed by atoms with E-state index in [1.54, 1.807) is 6.92 Å². The summed E-state index contributed by atoms with van der Waals surface area (Å²) in [6.07, 6.45) is 1.39. The number of nitrogen functional groups attached to an aromatic ring is 1. The van der Waals surface area contributed by atoms with Crippen LogP contribution in [0, 0.1) is 11.6 Å². The summed E-state index contributed by atoms with van der Waals surface area (Å²) in [4.78, 5) is 15.5. The smallest absolute Gasteiger partial charge is 0.242 e. The molecule has 3 N–H and O–H groups in total. The summed E-state index contributed by atoms with van der Waals surface area (Å²) in [6.45, 7) is 1.60. The lowest BCUT2D eigenvalue weighted by Crippen LogP contribution is -2.36. The van der Waals surface area contributed by atoms with E-state index in [0.717, 1.165) is 0 Å². The second kappa shape index (κ2) is 6.29. The monoisotopic (exact) mass is 295 g/mol. The van der Waals surface area contributed by atoms with Crippen molar-refractivity contribution >= 4 is 11.9 Å². The number of hydrogen-bond acceptors (Lipinski definition) is 4. The van der Waals surface area contributed by atoms with Gasteiger partial charge in [-0.25, -0.2) is 18.4 Å². The molecule has 0 saturated heterocycles. The molecule has 1 unspecified atom stereocenters. The minimum atomic E-state index is -0.625. The first kappa shape index (κ1) is 14.9. The number of carbonyl (C=O) groups excluding carboxylic acids is 1. The van der Waals surface area contributed by atoms with Crippen molar-refractivity contribution in [3.63, 3.8) is 0 Å². The van der Waals surface area contributed by atoms with Crippen molar-refractivity contribution in [3.8, 4) is 0 Å². The van der Waals surface area contributed by atoms with Gasteiger partial charge in [0.1, 0.15) is 24.5 Å². The molecule has 0 fully saturated rings.